The predicted molar refractivity (Wildman–Crippen MR) is 91.4 cm³/mol. The van der Waals surface area contributed by atoms with E-state index < -0.39 is 0 Å². The van der Waals surface area contributed by atoms with Crippen molar-refractivity contribution in [1.29, 1.82) is 0 Å². The van der Waals surface area contributed by atoms with Crippen LogP contribution in [0, 0.1) is 0 Å². The van der Waals surface area contributed by atoms with E-state index in [4.69, 9.17) is 5.73 Å². The molecule has 0 saturated heterocycles. The Bertz CT molecular complexity index is 872. The molecule has 3 heterocycles. The molecule has 3 N–H and O–H groups in total. The van der Waals surface area contributed by atoms with E-state index in [1.165, 1.54) is 12.5 Å². The van der Waals surface area contributed by atoms with Gasteiger partial charge in [-0.25, -0.2) is 15.0 Å². The van der Waals surface area contributed by atoms with Crippen molar-refractivity contribution in [1.82, 2.24) is 19.9 Å². The second kappa shape index (κ2) is 6.61. The van der Waals surface area contributed by atoms with Gasteiger partial charge in [0.25, 0.3) is 0 Å². The molecule has 7 nitrogen and oxygen atoms in total. The summed E-state index contributed by atoms with van der Waals surface area (Å²) in [5.41, 5.74) is 8.84. The first kappa shape index (κ1) is 14.6. The molecule has 3 rings (SSSR count). The summed E-state index contributed by atoms with van der Waals surface area (Å²) in [6.07, 6.45) is 8.08. The van der Waals surface area contributed by atoms with Crippen molar-refractivity contribution in [2.45, 2.75) is 0 Å². The Morgan fingerprint density at radius 3 is 2.83 bits per heavy atom. The zero-order chi connectivity index (χ0) is 16.1. The number of nitrogens with zero attached hydrogens (tertiary/aromatic N) is 5. The van der Waals surface area contributed by atoms with Gasteiger partial charge < -0.3 is 11.1 Å². The highest BCUT2D eigenvalue weighted by Crippen LogP contribution is 2.19. The number of pyridine rings is 2. The van der Waals surface area contributed by atoms with Gasteiger partial charge in [-0.15, -0.1) is 0 Å². The van der Waals surface area contributed by atoms with Crippen molar-refractivity contribution < 1.29 is 0 Å². The van der Waals surface area contributed by atoms with E-state index in [2.05, 4.69) is 30.2 Å². The summed E-state index contributed by atoms with van der Waals surface area (Å²) < 4.78 is 0. The van der Waals surface area contributed by atoms with E-state index in [0.29, 0.717) is 11.6 Å². The molecule has 0 spiro atoms. The third-order valence-electron chi connectivity index (χ3n) is 3.16. The molecule has 0 aliphatic carbocycles. The van der Waals surface area contributed by atoms with Gasteiger partial charge >= 0.3 is 0 Å². The maximum absolute atomic E-state index is 5.64. The summed E-state index contributed by atoms with van der Waals surface area (Å²) in [7, 11) is 1.69. The van der Waals surface area contributed by atoms with Gasteiger partial charge in [-0.2, -0.15) is 0 Å². The lowest BCUT2D eigenvalue weighted by molar-refractivity contribution is 1.16. The summed E-state index contributed by atoms with van der Waals surface area (Å²) >= 11 is 0. The van der Waals surface area contributed by atoms with Gasteiger partial charge in [0.1, 0.15) is 18.0 Å². The van der Waals surface area contributed by atoms with Crippen LogP contribution in [0.1, 0.15) is 5.56 Å². The van der Waals surface area contributed by atoms with E-state index >= 15 is 0 Å². The molecule has 0 bridgehead atoms. The standard InChI is InChI=1S/C16H15N7/c1-18-8-12(7-17)11-6-14-13(20-9-11)2-3-16(22-14)23-15-4-5-19-10-21-15/h2-10H,17H2,1H3,(H,19,21,22,23). The van der Waals surface area contributed by atoms with Crippen LogP contribution >= 0.6 is 0 Å². The van der Waals surface area contributed by atoms with Gasteiger partial charge in [-0.3, -0.25) is 9.98 Å². The van der Waals surface area contributed by atoms with Gasteiger partial charge in [-0.1, -0.05) is 0 Å². The lowest BCUT2D eigenvalue weighted by Crippen LogP contribution is -1.98. The van der Waals surface area contributed by atoms with Gasteiger partial charge in [0, 0.05) is 43.0 Å². The zero-order valence-electron chi connectivity index (χ0n) is 12.5. The van der Waals surface area contributed by atoms with Crippen LogP contribution in [0.3, 0.4) is 0 Å². The maximum Gasteiger partial charge on any atom is 0.134 e. The molecule has 0 amide bonds. The number of aromatic nitrogens is 4. The van der Waals surface area contributed by atoms with Gasteiger partial charge in [0.05, 0.1) is 11.0 Å². The summed E-state index contributed by atoms with van der Waals surface area (Å²) in [5, 5.41) is 3.13. The Morgan fingerprint density at radius 2 is 2.09 bits per heavy atom. The van der Waals surface area contributed by atoms with Crippen LogP contribution in [-0.2, 0) is 0 Å². The molecule has 0 aromatic carbocycles. The Balaban J connectivity index is 1.97. The molecule has 3 aromatic heterocycles. The Kier molecular flexibility index (Phi) is 4.19. The van der Waals surface area contributed by atoms with E-state index in [1.54, 1.807) is 31.7 Å². The van der Waals surface area contributed by atoms with Gasteiger partial charge in [0.15, 0.2) is 0 Å². The lowest BCUT2D eigenvalue weighted by atomic mass is 10.1. The smallest absolute Gasteiger partial charge is 0.134 e. The minimum Gasteiger partial charge on any atom is -0.404 e. The fourth-order valence-corrected chi connectivity index (χ4v) is 2.08. The maximum atomic E-state index is 5.64. The molecule has 3 aromatic rings. The number of anilines is 2. The first-order chi connectivity index (χ1) is 11.3. The first-order valence-corrected chi connectivity index (χ1v) is 6.94. The molecular weight excluding hydrogens is 290 g/mol. The van der Waals surface area contributed by atoms with E-state index in [-0.39, 0.29) is 0 Å². The molecule has 23 heavy (non-hydrogen) atoms. The molecule has 114 valence electrons. The number of fused-ring (bicyclic) bond motifs is 1. The molecule has 0 radical (unpaired) electrons. The molecule has 7 heteroatoms. The quantitative estimate of drug-likeness (QED) is 0.716. The average molecular weight is 305 g/mol. The van der Waals surface area contributed by atoms with Crippen LogP contribution in [0.15, 0.2) is 54.2 Å². The van der Waals surface area contributed by atoms with Crippen LogP contribution in [-0.4, -0.2) is 33.2 Å². The number of aliphatic imine (C=N–C) groups is 1. The number of hydrogen-bond acceptors (Lipinski definition) is 7. The minimum absolute atomic E-state index is 0.677. The van der Waals surface area contributed by atoms with Crippen molar-refractivity contribution in [3.63, 3.8) is 0 Å². The van der Waals surface area contributed by atoms with Crippen molar-refractivity contribution in [3.05, 3.63) is 54.7 Å². The zero-order valence-corrected chi connectivity index (χ0v) is 12.5. The number of rotatable bonds is 4. The van der Waals surface area contributed by atoms with Crippen LogP contribution in [0.2, 0.25) is 0 Å². The average Bonchev–Trinajstić information content (AvgIpc) is 2.60. The molecule has 0 unspecified atom stereocenters. The Hall–Kier alpha value is -3.35. The van der Waals surface area contributed by atoms with E-state index in [1.807, 2.05) is 18.2 Å². The minimum atomic E-state index is 0.677. The van der Waals surface area contributed by atoms with Crippen LogP contribution < -0.4 is 11.1 Å². The number of nitrogens with one attached hydrogen (secondary N) is 1. The number of hydrogen-bond donors (Lipinski definition) is 2. The first-order valence-electron chi connectivity index (χ1n) is 6.94. The molecule has 0 atom stereocenters. The summed E-state index contributed by atoms with van der Waals surface area (Å²) in [5.74, 6) is 1.36. The SMILES string of the molecule is CN=CC(=CN)c1cnc2ccc(Nc3ccncn3)nc2c1. The number of allylic oxidation sites excluding steroid dienone is 1. The Labute approximate surface area is 133 Å². The fraction of sp³-hybridized carbons (Fsp3) is 0.0625. The molecule has 0 fully saturated rings. The monoisotopic (exact) mass is 305 g/mol. The van der Waals surface area contributed by atoms with Crippen molar-refractivity contribution in [2.75, 3.05) is 12.4 Å². The van der Waals surface area contributed by atoms with Gasteiger partial charge in [0.2, 0.25) is 0 Å². The number of nitrogens with two attached hydrogens (primary N) is 1. The molecule has 0 aliphatic rings. The highest BCUT2D eigenvalue weighted by Gasteiger charge is 2.05. The highest BCUT2D eigenvalue weighted by molar-refractivity contribution is 6.10. The summed E-state index contributed by atoms with van der Waals surface area (Å²) in [6, 6.07) is 7.45. The third kappa shape index (κ3) is 3.29. The summed E-state index contributed by atoms with van der Waals surface area (Å²) in [6.45, 7) is 0. The molecule has 0 saturated carbocycles. The highest BCUT2D eigenvalue weighted by atomic mass is 15.1. The predicted octanol–water partition coefficient (Wildman–Crippen LogP) is 2.16. The van der Waals surface area contributed by atoms with E-state index in [9.17, 15) is 0 Å². The van der Waals surface area contributed by atoms with Crippen molar-refractivity contribution in [3.8, 4) is 0 Å². The molecule has 0 aliphatic heterocycles. The Morgan fingerprint density at radius 1 is 1.17 bits per heavy atom. The summed E-state index contributed by atoms with van der Waals surface area (Å²) in [4.78, 5) is 21.0. The molecular formula is C16H15N7. The second-order valence-corrected chi connectivity index (χ2v) is 4.69. The second-order valence-electron chi connectivity index (χ2n) is 4.69. The largest absolute Gasteiger partial charge is 0.404 e. The topological polar surface area (TPSA) is 102 Å². The van der Waals surface area contributed by atoms with Crippen LogP contribution in [0.5, 0.6) is 0 Å². The van der Waals surface area contributed by atoms with Crippen molar-refractivity contribution in [2.24, 2.45) is 10.7 Å². The van der Waals surface area contributed by atoms with Crippen molar-refractivity contribution >= 4 is 34.5 Å². The normalized spacial score (nSPS) is 12.0. The third-order valence-corrected chi connectivity index (χ3v) is 3.16. The fourth-order valence-electron chi connectivity index (χ4n) is 2.08. The van der Waals surface area contributed by atoms with E-state index in [0.717, 1.165) is 22.2 Å². The lowest BCUT2D eigenvalue weighted by Gasteiger charge is -2.07. The van der Waals surface area contributed by atoms with Crippen LogP contribution in [0.4, 0.5) is 11.6 Å². The van der Waals surface area contributed by atoms with Crippen LogP contribution in [0.25, 0.3) is 16.6 Å². The van der Waals surface area contributed by atoms with Gasteiger partial charge in [-0.05, 0) is 24.3 Å².